The lowest BCUT2D eigenvalue weighted by atomic mass is 10.0. The minimum absolute atomic E-state index is 0.211. The number of nitrogens with zero attached hydrogens (tertiary/aromatic N) is 1. The van der Waals surface area contributed by atoms with Crippen LogP contribution in [0, 0.1) is 0 Å². The summed E-state index contributed by atoms with van der Waals surface area (Å²) >= 11 is 0. The van der Waals surface area contributed by atoms with Gasteiger partial charge in [-0.05, 0) is 24.0 Å². The van der Waals surface area contributed by atoms with Gasteiger partial charge < -0.3 is 9.59 Å². The van der Waals surface area contributed by atoms with E-state index in [1.165, 1.54) is 37.7 Å². The number of unbranched alkanes of at least 4 members (excludes halogenated alkanes) is 4. The SMILES string of the molecule is CCCCCCCc1ccc([C@@H](O)CC[N+](C)(C)CCCS(=O)(=O)O)cc1. The van der Waals surface area contributed by atoms with Crippen molar-refractivity contribution in [1.82, 2.24) is 0 Å². The van der Waals surface area contributed by atoms with E-state index in [9.17, 15) is 13.5 Å². The maximum absolute atomic E-state index is 10.8. The minimum Gasteiger partial charge on any atom is -0.388 e. The average Bonchev–Trinajstić information content (AvgIpc) is 2.59. The summed E-state index contributed by atoms with van der Waals surface area (Å²) in [6.07, 6.45) is 8.01. The third kappa shape index (κ3) is 11.5. The lowest BCUT2D eigenvalue weighted by Crippen LogP contribution is -2.42. The van der Waals surface area contributed by atoms with Crippen LogP contribution >= 0.6 is 0 Å². The zero-order valence-corrected chi connectivity index (χ0v) is 18.0. The molecule has 0 bridgehead atoms. The normalized spacial score (nSPS) is 13.7. The number of hydrogen-bond acceptors (Lipinski definition) is 3. The van der Waals surface area contributed by atoms with Gasteiger partial charge in [-0.25, -0.2) is 0 Å². The van der Waals surface area contributed by atoms with Crippen molar-refractivity contribution in [2.45, 2.75) is 64.4 Å². The monoisotopic (exact) mass is 400 g/mol. The molecule has 0 aromatic heterocycles. The number of aliphatic hydroxyl groups is 1. The fraction of sp³-hybridized carbons (Fsp3) is 0.714. The third-order valence-corrected chi connectivity index (χ3v) is 5.91. The van der Waals surface area contributed by atoms with E-state index in [1.807, 2.05) is 26.2 Å². The average molecular weight is 401 g/mol. The van der Waals surface area contributed by atoms with Gasteiger partial charge in [-0.3, -0.25) is 4.55 Å². The molecule has 0 aliphatic rings. The lowest BCUT2D eigenvalue weighted by Gasteiger charge is -2.30. The minimum atomic E-state index is -3.90. The van der Waals surface area contributed by atoms with Gasteiger partial charge in [-0.2, -0.15) is 8.42 Å². The Morgan fingerprint density at radius 1 is 0.963 bits per heavy atom. The molecule has 156 valence electrons. The number of aryl methyl sites for hydroxylation is 1. The Morgan fingerprint density at radius 2 is 1.59 bits per heavy atom. The topological polar surface area (TPSA) is 74.6 Å². The first-order valence-electron chi connectivity index (χ1n) is 10.2. The Balaban J connectivity index is 2.37. The van der Waals surface area contributed by atoms with Gasteiger partial charge in [0.05, 0.1) is 39.0 Å². The molecule has 0 aliphatic heterocycles. The van der Waals surface area contributed by atoms with Crippen molar-refractivity contribution in [3.8, 4) is 0 Å². The molecule has 0 aliphatic carbocycles. The van der Waals surface area contributed by atoms with E-state index >= 15 is 0 Å². The Bertz CT molecular complexity index is 626. The molecule has 0 fully saturated rings. The maximum atomic E-state index is 10.8. The van der Waals surface area contributed by atoms with Gasteiger partial charge in [0, 0.05) is 12.8 Å². The summed E-state index contributed by atoms with van der Waals surface area (Å²) in [4.78, 5) is 0. The molecule has 1 aromatic rings. The summed E-state index contributed by atoms with van der Waals surface area (Å²) in [7, 11) is 0.129. The second-order valence-electron chi connectivity index (χ2n) is 8.23. The quantitative estimate of drug-likeness (QED) is 0.281. The van der Waals surface area contributed by atoms with Crippen LogP contribution < -0.4 is 0 Å². The molecule has 5 nitrogen and oxygen atoms in total. The van der Waals surface area contributed by atoms with E-state index in [1.54, 1.807) is 0 Å². The van der Waals surface area contributed by atoms with Crippen molar-refractivity contribution >= 4 is 10.1 Å². The van der Waals surface area contributed by atoms with Crippen LogP contribution in [0.2, 0.25) is 0 Å². The Labute approximate surface area is 165 Å². The molecule has 0 saturated heterocycles. The summed E-state index contributed by atoms with van der Waals surface area (Å²) in [6.45, 7) is 3.61. The maximum Gasteiger partial charge on any atom is 0.265 e. The molecule has 0 heterocycles. The first-order chi connectivity index (χ1) is 12.6. The number of hydrogen-bond donors (Lipinski definition) is 2. The molecule has 2 N–H and O–H groups in total. The van der Waals surface area contributed by atoms with Crippen LogP contribution in [0.4, 0.5) is 0 Å². The number of benzene rings is 1. The largest absolute Gasteiger partial charge is 0.388 e. The van der Waals surface area contributed by atoms with Crippen LogP contribution in [-0.4, -0.2) is 55.5 Å². The predicted molar refractivity (Wildman–Crippen MR) is 111 cm³/mol. The highest BCUT2D eigenvalue weighted by Crippen LogP contribution is 2.20. The molecule has 0 unspecified atom stereocenters. The van der Waals surface area contributed by atoms with Crippen molar-refractivity contribution in [3.05, 3.63) is 35.4 Å². The summed E-state index contributed by atoms with van der Waals surface area (Å²) in [5.74, 6) is -0.211. The molecule has 0 radical (unpaired) electrons. The standard InChI is InChI=1S/C21H37NO4S/c1-4-5-6-7-8-10-19-11-13-20(14-12-19)21(23)15-17-22(2,3)16-9-18-27(24,25)26/h11-14,21,23H,4-10,15-18H2,1-3H3/p+1/t21-/m0/s1. The molecule has 0 spiro atoms. The number of rotatable bonds is 14. The fourth-order valence-electron chi connectivity index (χ4n) is 3.26. The molecule has 1 aromatic carbocycles. The third-order valence-electron chi connectivity index (χ3n) is 5.11. The highest BCUT2D eigenvalue weighted by atomic mass is 32.2. The van der Waals surface area contributed by atoms with Gasteiger partial charge >= 0.3 is 0 Å². The van der Waals surface area contributed by atoms with E-state index in [-0.39, 0.29) is 5.75 Å². The first-order valence-corrected chi connectivity index (χ1v) is 11.8. The van der Waals surface area contributed by atoms with Gasteiger partial charge in [0.1, 0.15) is 0 Å². The van der Waals surface area contributed by atoms with E-state index in [2.05, 4.69) is 19.1 Å². The summed E-state index contributed by atoms with van der Waals surface area (Å²) < 4.78 is 31.1. The molecule has 6 heteroatoms. The van der Waals surface area contributed by atoms with Crippen LogP contribution in [0.3, 0.4) is 0 Å². The van der Waals surface area contributed by atoms with Gasteiger partial charge in [0.15, 0.2) is 0 Å². The van der Waals surface area contributed by atoms with Crippen LogP contribution in [0.1, 0.15) is 69.1 Å². The molecule has 0 saturated carbocycles. The smallest absolute Gasteiger partial charge is 0.265 e. The summed E-state index contributed by atoms with van der Waals surface area (Å²) in [5, 5.41) is 10.5. The summed E-state index contributed by atoms with van der Waals surface area (Å²) in [6, 6.07) is 8.27. The molecule has 1 rings (SSSR count). The first kappa shape index (κ1) is 24.1. The van der Waals surface area contributed by atoms with Crippen LogP contribution in [0.15, 0.2) is 24.3 Å². The van der Waals surface area contributed by atoms with E-state index in [4.69, 9.17) is 4.55 Å². The molecule has 1 atom stereocenters. The number of aliphatic hydroxyl groups excluding tert-OH is 1. The highest BCUT2D eigenvalue weighted by Gasteiger charge is 2.19. The molecular weight excluding hydrogens is 362 g/mol. The van der Waals surface area contributed by atoms with Gasteiger partial charge in [0.2, 0.25) is 0 Å². The molecule has 27 heavy (non-hydrogen) atoms. The highest BCUT2D eigenvalue weighted by molar-refractivity contribution is 7.85. The van der Waals surface area contributed by atoms with Gasteiger partial charge in [-0.1, -0.05) is 56.9 Å². The van der Waals surface area contributed by atoms with Crippen molar-refractivity contribution in [3.63, 3.8) is 0 Å². The second kappa shape index (κ2) is 11.8. The van der Waals surface area contributed by atoms with Crippen LogP contribution in [0.25, 0.3) is 0 Å². The Kier molecular flexibility index (Phi) is 10.5. The Hall–Kier alpha value is -0.950. The fourth-order valence-corrected chi connectivity index (χ4v) is 3.76. The van der Waals surface area contributed by atoms with Crippen LogP contribution in [-0.2, 0) is 16.5 Å². The van der Waals surface area contributed by atoms with Crippen molar-refractivity contribution in [1.29, 1.82) is 0 Å². The van der Waals surface area contributed by atoms with E-state index < -0.39 is 16.2 Å². The lowest BCUT2D eigenvalue weighted by molar-refractivity contribution is -0.890. The van der Waals surface area contributed by atoms with Crippen molar-refractivity contribution in [2.75, 3.05) is 32.9 Å². The van der Waals surface area contributed by atoms with E-state index in [0.29, 0.717) is 23.9 Å². The molecular formula is C21H38NO4S+. The summed E-state index contributed by atoms with van der Waals surface area (Å²) in [5.41, 5.74) is 2.26. The number of quaternary nitrogens is 1. The molecule has 0 amide bonds. The van der Waals surface area contributed by atoms with Gasteiger partial charge in [-0.15, -0.1) is 0 Å². The van der Waals surface area contributed by atoms with Crippen molar-refractivity contribution < 1.29 is 22.6 Å². The van der Waals surface area contributed by atoms with Crippen molar-refractivity contribution in [2.24, 2.45) is 0 Å². The zero-order valence-electron chi connectivity index (χ0n) is 17.2. The second-order valence-corrected chi connectivity index (χ2v) is 9.80. The van der Waals surface area contributed by atoms with Gasteiger partial charge in [0.25, 0.3) is 10.1 Å². The van der Waals surface area contributed by atoms with Crippen LogP contribution in [0.5, 0.6) is 0 Å². The zero-order chi connectivity index (χ0) is 20.3. The predicted octanol–water partition coefficient (Wildman–Crippen LogP) is 3.98. The van der Waals surface area contributed by atoms with E-state index in [0.717, 1.165) is 18.5 Å². The Morgan fingerprint density at radius 3 is 2.19 bits per heavy atom.